The minimum atomic E-state index is 0.869. The molecule has 4 nitrogen and oxygen atoms in total. The molecule has 0 bridgehead atoms. The first-order valence-electron chi connectivity index (χ1n) is 9.69. The molecule has 3 heterocycles. The summed E-state index contributed by atoms with van der Waals surface area (Å²) in [5, 5.41) is 4.55. The van der Waals surface area contributed by atoms with E-state index in [0.29, 0.717) is 0 Å². The number of pyridine rings is 2. The average Bonchev–Trinajstić information content (AvgIpc) is 3.09. The molecule has 3 aromatic rings. The highest BCUT2D eigenvalue weighted by Gasteiger charge is 2.18. The standard InChI is InChI=1S/C22H26N4/c1-3-5-20-12-21(8-9-23-20)26-15-19(14-25-26)22-16(2)10-18(13-24-22)11-17-6-4-7-17/h8-10,12-15,17H,3-7,11H2,1-2H3. The lowest BCUT2D eigenvalue weighted by Gasteiger charge is -2.25. The molecule has 0 aromatic carbocycles. The zero-order valence-corrected chi connectivity index (χ0v) is 15.7. The van der Waals surface area contributed by atoms with E-state index in [9.17, 15) is 0 Å². The summed E-state index contributed by atoms with van der Waals surface area (Å²) in [7, 11) is 0. The topological polar surface area (TPSA) is 43.6 Å². The van der Waals surface area contributed by atoms with Gasteiger partial charge in [0.25, 0.3) is 0 Å². The normalized spacial score (nSPS) is 14.4. The molecule has 26 heavy (non-hydrogen) atoms. The molecular weight excluding hydrogens is 320 g/mol. The molecule has 1 aliphatic carbocycles. The summed E-state index contributed by atoms with van der Waals surface area (Å²) in [5.41, 5.74) is 6.83. The Morgan fingerprint density at radius 2 is 2.04 bits per heavy atom. The fraction of sp³-hybridized carbons (Fsp3) is 0.409. The van der Waals surface area contributed by atoms with Gasteiger partial charge in [0.1, 0.15) is 0 Å². The molecule has 4 heteroatoms. The largest absolute Gasteiger partial charge is 0.261 e. The van der Waals surface area contributed by atoms with Crippen LogP contribution in [0.25, 0.3) is 16.9 Å². The molecule has 0 atom stereocenters. The second kappa shape index (κ2) is 7.40. The Kier molecular flexibility index (Phi) is 4.83. The van der Waals surface area contributed by atoms with Crippen molar-refractivity contribution in [1.29, 1.82) is 0 Å². The van der Waals surface area contributed by atoms with Gasteiger partial charge < -0.3 is 0 Å². The van der Waals surface area contributed by atoms with Crippen LogP contribution < -0.4 is 0 Å². The summed E-state index contributed by atoms with van der Waals surface area (Å²) < 4.78 is 1.92. The number of hydrogen-bond acceptors (Lipinski definition) is 3. The van der Waals surface area contributed by atoms with Crippen LogP contribution in [-0.2, 0) is 12.8 Å². The van der Waals surface area contributed by atoms with E-state index in [4.69, 9.17) is 4.98 Å². The van der Waals surface area contributed by atoms with Gasteiger partial charge in [-0.15, -0.1) is 0 Å². The van der Waals surface area contributed by atoms with Gasteiger partial charge in [0.2, 0.25) is 0 Å². The predicted molar refractivity (Wildman–Crippen MR) is 104 cm³/mol. The van der Waals surface area contributed by atoms with E-state index >= 15 is 0 Å². The Bertz CT molecular complexity index is 893. The second-order valence-electron chi connectivity index (χ2n) is 7.44. The third-order valence-corrected chi connectivity index (χ3v) is 5.31. The van der Waals surface area contributed by atoms with Crippen LogP contribution in [0.15, 0.2) is 43.0 Å². The maximum Gasteiger partial charge on any atom is 0.0763 e. The van der Waals surface area contributed by atoms with Crippen LogP contribution in [0.1, 0.15) is 49.4 Å². The molecule has 134 valence electrons. The summed E-state index contributed by atoms with van der Waals surface area (Å²) in [6.07, 6.45) is 15.3. The van der Waals surface area contributed by atoms with Crippen molar-refractivity contribution in [3.8, 4) is 16.9 Å². The minimum absolute atomic E-state index is 0.869. The van der Waals surface area contributed by atoms with Gasteiger partial charge in [-0.25, -0.2) is 4.68 Å². The average molecular weight is 346 g/mol. The van der Waals surface area contributed by atoms with Gasteiger partial charge >= 0.3 is 0 Å². The van der Waals surface area contributed by atoms with Crippen LogP contribution in [0.4, 0.5) is 0 Å². The maximum atomic E-state index is 4.75. The first-order chi connectivity index (χ1) is 12.7. The van der Waals surface area contributed by atoms with Gasteiger partial charge in [-0.2, -0.15) is 5.10 Å². The quantitative estimate of drug-likeness (QED) is 0.635. The highest BCUT2D eigenvalue weighted by atomic mass is 15.3. The lowest BCUT2D eigenvalue weighted by atomic mass is 9.81. The van der Waals surface area contributed by atoms with E-state index in [1.54, 1.807) is 0 Å². The first-order valence-corrected chi connectivity index (χ1v) is 9.69. The molecule has 0 unspecified atom stereocenters. The first kappa shape index (κ1) is 17.0. The summed E-state index contributed by atoms with van der Waals surface area (Å²) in [6, 6.07) is 6.41. The van der Waals surface area contributed by atoms with Crippen molar-refractivity contribution >= 4 is 0 Å². The third kappa shape index (κ3) is 3.55. The second-order valence-corrected chi connectivity index (χ2v) is 7.44. The van der Waals surface area contributed by atoms with Crippen molar-refractivity contribution in [1.82, 2.24) is 19.7 Å². The molecule has 4 rings (SSSR count). The number of aryl methyl sites for hydroxylation is 2. The summed E-state index contributed by atoms with van der Waals surface area (Å²) in [4.78, 5) is 9.17. The number of nitrogens with zero attached hydrogens (tertiary/aromatic N) is 4. The number of aromatic nitrogens is 4. The monoisotopic (exact) mass is 346 g/mol. The van der Waals surface area contributed by atoms with E-state index in [-0.39, 0.29) is 0 Å². The summed E-state index contributed by atoms with van der Waals surface area (Å²) in [6.45, 7) is 4.32. The van der Waals surface area contributed by atoms with Crippen molar-refractivity contribution in [3.63, 3.8) is 0 Å². The fourth-order valence-corrected chi connectivity index (χ4v) is 3.66. The van der Waals surface area contributed by atoms with Crippen LogP contribution in [0.5, 0.6) is 0 Å². The van der Waals surface area contributed by atoms with Crippen LogP contribution in [-0.4, -0.2) is 19.7 Å². The summed E-state index contributed by atoms with van der Waals surface area (Å²) >= 11 is 0. The molecule has 1 fully saturated rings. The van der Waals surface area contributed by atoms with Crippen molar-refractivity contribution in [2.75, 3.05) is 0 Å². The van der Waals surface area contributed by atoms with Gasteiger partial charge in [0, 0.05) is 29.8 Å². The van der Waals surface area contributed by atoms with E-state index < -0.39 is 0 Å². The highest BCUT2D eigenvalue weighted by molar-refractivity contribution is 5.62. The number of hydrogen-bond donors (Lipinski definition) is 0. The maximum absolute atomic E-state index is 4.75. The van der Waals surface area contributed by atoms with Gasteiger partial charge in [0.15, 0.2) is 0 Å². The molecule has 1 aliphatic rings. The lowest BCUT2D eigenvalue weighted by molar-refractivity contribution is 0.314. The van der Waals surface area contributed by atoms with Gasteiger partial charge in [-0.3, -0.25) is 9.97 Å². The zero-order valence-electron chi connectivity index (χ0n) is 15.7. The SMILES string of the molecule is CCCc1cc(-n2cc(-c3ncc(CC4CCC4)cc3C)cn2)ccn1. The smallest absolute Gasteiger partial charge is 0.0763 e. The van der Waals surface area contributed by atoms with Crippen LogP contribution in [0.2, 0.25) is 0 Å². The van der Waals surface area contributed by atoms with E-state index in [1.165, 1.54) is 36.8 Å². The van der Waals surface area contributed by atoms with Crippen molar-refractivity contribution in [2.45, 2.75) is 52.4 Å². The van der Waals surface area contributed by atoms with Gasteiger partial charge in [0.05, 0.1) is 17.6 Å². The Morgan fingerprint density at radius 3 is 2.77 bits per heavy atom. The molecule has 0 aliphatic heterocycles. The number of rotatable bonds is 6. The van der Waals surface area contributed by atoms with Crippen LogP contribution >= 0.6 is 0 Å². The zero-order chi connectivity index (χ0) is 17.9. The van der Waals surface area contributed by atoms with Crippen molar-refractivity contribution < 1.29 is 0 Å². The van der Waals surface area contributed by atoms with Crippen molar-refractivity contribution in [3.05, 3.63) is 59.8 Å². The van der Waals surface area contributed by atoms with Crippen molar-refractivity contribution in [2.24, 2.45) is 5.92 Å². The lowest BCUT2D eigenvalue weighted by Crippen LogP contribution is -2.13. The molecule has 1 saturated carbocycles. The van der Waals surface area contributed by atoms with Gasteiger partial charge in [-0.05, 0) is 48.9 Å². The van der Waals surface area contributed by atoms with Crippen LogP contribution in [0, 0.1) is 12.8 Å². The molecular formula is C22H26N4. The molecule has 0 N–H and O–H groups in total. The molecule has 0 radical (unpaired) electrons. The summed E-state index contributed by atoms with van der Waals surface area (Å²) in [5.74, 6) is 0.869. The third-order valence-electron chi connectivity index (χ3n) is 5.31. The van der Waals surface area contributed by atoms with E-state index in [1.807, 2.05) is 29.3 Å². The Hall–Kier alpha value is -2.49. The molecule has 0 amide bonds. The molecule has 0 spiro atoms. The van der Waals surface area contributed by atoms with E-state index in [0.717, 1.165) is 41.4 Å². The minimum Gasteiger partial charge on any atom is -0.261 e. The fourth-order valence-electron chi connectivity index (χ4n) is 3.66. The Labute approximate surface area is 155 Å². The van der Waals surface area contributed by atoms with E-state index in [2.05, 4.69) is 42.3 Å². The molecule has 0 saturated heterocycles. The van der Waals surface area contributed by atoms with Gasteiger partial charge in [-0.1, -0.05) is 38.7 Å². The highest BCUT2D eigenvalue weighted by Crippen LogP contribution is 2.30. The van der Waals surface area contributed by atoms with Crippen LogP contribution in [0.3, 0.4) is 0 Å². The Balaban J connectivity index is 1.56. The molecule has 3 aromatic heterocycles. The predicted octanol–water partition coefficient (Wildman–Crippen LogP) is 4.93. The Morgan fingerprint density at radius 1 is 1.15 bits per heavy atom.